The molecule has 0 aliphatic rings. The van der Waals surface area contributed by atoms with Gasteiger partial charge in [0.25, 0.3) is 0 Å². The molecule has 0 saturated heterocycles. The second kappa shape index (κ2) is 10.7. The molecule has 0 atom stereocenters. The van der Waals surface area contributed by atoms with Crippen LogP contribution >= 0.6 is 0 Å². The fraction of sp³-hybridized carbons (Fsp3) is 0.308. The van der Waals surface area contributed by atoms with Gasteiger partial charge in [0.1, 0.15) is 17.5 Å². The van der Waals surface area contributed by atoms with Gasteiger partial charge in [-0.25, -0.2) is 13.2 Å². The van der Waals surface area contributed by atoms with Crippen molar-refractivity contribution in [3.63, 3.8) is 0 Å². The van der Waals surface area contributed by atoms with Gasteiger partial charge < -0.3 is 4.48 Å². The summed E-state index contributed by atoms with van der Waals surface area (Å²) in [7, 11) is 8.66. The molecule has 0 amide bonds. The Morgan fingerprint density at radius 2 is 0.935 bits per heavy atom. The molecule has 0 heterocycles. The minimum atomic E-state index is -1.18. The molecule has 0 aliphatic carbocycles. The van der Waals surface area contributed by atoms with E-state index in [0.29, 0.717) is 23.1 Å². The Bertz CT molecular complexity index is 865. The molecule has 166 valence electrons. The predicted molar refractivity (Wildman–Crippen MR) is 127 cm³/mol. The molecule has 0 radical (unpaired) electrons. The van der Waals surface area contributed by atoms with Crippen LogP contribution in [0.1, 0.15) is 29.5 Å². The third-order valence-electron chi connectivity index (χ3n) is 4.55. The van der Waals surface area contributed by atoms with Crippen LogP contribution in [0.25, 0.3) is 0 Å². The average Bonchev–Trinajstić information content (AvgIpc) is 2.70. The summed E-state index contributed by atoms with van der Waals surface area (Å²) < 4.78 is 45.8. The molecule has 0 aromatic heterocycles. The Balaban J connectivity index is 0.000000614. The van der Waals surface area contributed by atoms with E-state index in [0.717, 1.165) is 17.2 Å². The van der Waals surface area contributed by atoms with Crippen molar-refractivity contribution in [3.05, 3.63) is 107 Å². The summed E-state index contributed by atoms with van der Waals surface area (Å²) in [6, 6.07) is 19.0. The predicted octanol–water partition coefficient (Wildman–Crippen LogP) is 5.32. The van der Waals surface area contributed by atoms with Gasteiger partial charge in [0.05, 0.1) is 33.6 Å². The zero-order chi connectivity index (χ0) is 23.1. The van der Waals surface area contributed by atoms with E-state index < -0.39 is 22.9 Å². The van der Waals surface area contributed by atoms with Gasteiger partial charge in [-0.15, -0.1) is 0 Å². The molecule has 1 nitrogen and oxygen atoms in total. The van der Waals surface area contributed by atoms with Gasteiger partial charge in [-0.3, -0.25) is 0 Å². The molecule has 0 spiro atoms. The van der Waals surface area contributed by atoms with Crippen LogP contribution in [0.2, 0.25) is 6.32 Å². The molecular formula is C26H33BF3N. The first-order chi connectivity index (χ1) is 14.6. The van der Waals surface area contributed by atoms with Gasteiger partial charge in [-0.05, 0) is 32.5 Å². The third kappa shape index (κ3) is 6.24. The molecule has 0 aliphatic heterocycles. The van der Waals surface area contributed by atoms with E-state index in [1.165, 1.54) is 18.2 Å². The topological polar surface area (TPSA) is 0 Å². The number of hydrogen-bond donors (Lipinski definition) is 0. The lowest BCUT2D eigenvalue weighted by atomic mass is 9.65. The Kier molecular flexibility index (Phi) is 8.52. The highest BCUT2D eigenvalue weighted by atomic mass is 19.1. The lowest BCUT2D eigenvalue weighted by molar-refractivity contribution is -0.849. The number of halogens is 3. The molecule has 0 unspecified atom stereocenters. The summed E-state index contributed by atoms with van der Waals surface area (Å²) >= 11 is 0. The number of benzene rings is 3. The van der Waals surface area contributed by atoms with Crippen LogP contribution in [-0.2, 0) is 5.41 Å². The van der Waals surface area contributed by atoms with Crippen LogP contribution < -0.4 is 0 Å². The average molecular weight is 427 g/mol. The summed E-state index contributed by atoms with van der Waals surface area (Å²) in [5.41, 5.74) is -0.216. The number of rotatable bonds is 6. The quantitative estimate of drug-likeness (QED) is 0.284. The fourth-order valence-corrected chi connectivity index (χ4v) is 3.53. The molecule has 0 fully saturated rings. The molecule has 0 saturated carbocycles. The first-order valence-electron chi connectivity index (χ1n) is 9.94. The van der Waals surface area contributed by atoms with Gasteiger partial charge in [0, 0.05) is 16.7 Å². The Hall–Kier alpha value is -2.53. The molecule has 3 aromatic carbocycles. The van der Waals surface area contributed by atoms with Crippen LogP contribution in [0.3, 0.4) is 0 Å². The van der Waals surface area contributed by atoms with Crippen molar-refractivity contribution in [2.75, 3.05) is 28.2 Å². The summed E-state index contributed by atoms with van der Waals surface area (Å²) in [6.45, 7) is 0. The lowest BCUT2D eigenvalue weighted by Gasteiger charge is -2.37. The zero-order valence-electron chi connectivity index (χ0n) is 18.1. The monoisotopic (exact) mass is 427 g/mol. The van der Waals surface area contributed by atoms with E-state index in [4.69, 9.17) is 0 Å². The van der Waals surface area contributed by atoms with Crippen molar-refractivity contribution < 1.29 is 17.7 Å². The fourth-order valence-electron chi connectivity index (χ4n) is 3.53. The number of nitrogens with zero attached hydrogens (tertiary/aromatic N) is 1. The largest absolute Gasteiger partial charge is 0.333 e. The molecule has 3 rings (SSSR count). The van der Waals surface area contributed by atoms with Crippen molar-refractivity contribution in [2.45, 2.75) is 24.6 Å². The summed E-state index contributed by atoms with van der Waals surface area (Å²) in [5.74, 6) is -1.33. The van der Waals surface area contributed by atoms with E-state index in [1.54, 1.807) is 54.6 Å². The van der Waals surface area contributed by atoms with Crippen molar-refractivity contribution >= 4 is 7.85 Å². The second-order valence-electron chi connectivity index (χ2n) is 8.63. The Labute approximate surface area is 185 Å². The van der Waals surface area contributed by atoms with E-state index in [-0.39, 0.29) is 7.85 Å². The van der Waals surface area contributed by atoms with Gasteiger partial charge in [-0.2, -0.15) is 6.32 Å². The van der Waals surface area contributed by atoms with Crippen molar-refractivity contribution in [3.8, 4) is 0 Å². The maximum Gasteiger partial charge on any atom is 0.127 e. The summed E-state index contributed by atoms with van der Waals surface area (Å²) in [6.07, 6.45) is 2.37. The van der Waals surface area contributed by atoms with Crippen molar-refractivity contribution in [1.29, 1.82) is 0 Å². The van der Waals surface area contributed by atoms with E-state index in [9.17, 15) is 13.2 Å². The molecule has 31 heavy (non-hydrogen) atoms. The molecule has 0 N–H and O–H groups in total. The molecular weight excluding hydrogens is 394 g/mol. The number of hydrogen-bond acceptors (Lipinski definition) is 0. The van der Waals surface area contributed by atoms with E-state index in [1.807, 2.05) is 0 Å². The van der Waals surface area contributed by atoms with Crippen molar-refractivity contribution in [2.24, 2.45) is 0 Å². The van der Waals surface area contributed by atoms with E-state index in [2.05, 4.69) is 28.2 Å². The third-order valence-corrected chi connectivity index (χ3v) is 4.55. The summed E-state index contributed by atoms with van der Waals surface area (Å²) in [4.78, 5) is 0. The minimum absolute atomic E-state index is 0.162. The first kappa shape index (κ1) is 24.7. The molecule has 5 heteroatoms. The normalized spacial score (nSPS) is 11.6. The van der Waals surface area contributed by atoms with Gasteiger partial charge in [0.2, 0.25) is 0 Å². The Morgan fingerprint density at radius 3 is 1.19 bits per heavy atom. The second-order valence-corrected chi connectivity index (χ2v) is 8.63. The van der Waals surface area contributed by atoms with Gasteiger partial charge in [0.15, 0.2) is 0 Å². The van der Waals surface area contributed by atoms with Gasteiger partial charge >= 0.3 is 0 Å². The highest BCUT2D eigenvalue weighted by molar-refractivity contribution is 6.08. The first-order valence-corrected chi connectivity index (χ1v) is 9.94. The van der Waals surface area contributed by atoms with Crippen LogP contribution in [0.4, 0.5) is 13.2 Å². The Morgan fingerprint density at radius 1 is 0.645 bits per heavy atom. The van der Waals surface area contributed by atoms with Crippen molar-refractivity contribution in [1.82, 2.24) is 0 Å². The SMILES string of the molecule is C[N+](C)(C)C.[BH3-]CCCC(c1ccccc1F)(c1ccccc1F)c1ccccc1F. The van der Waals surface area contributed by atoms with Gasteiger partial charge in [-0.1, -0.05) is 61.0 Å². The molecule has 3 aromatic rings. The lowest BCUT2D eigenvalue weighted by Crippen LogP contribution is -2.33. The number of quaternary nitrogens is 1. The highest BCUT2D eigenvalue weighted by Crippen LogP contribution is 2.46. The maximum atomic E-state index is 14.9. The van der Waals surface area contributed by atoms with Crippen LogP contribution in [0.15, 0.2) is 72.8 Å². The smallest absolute Gasteiger partial charge is 0.127 e. The van der Waals surface area contributed by atoms with Crippen LogP contribution in [0.5, 0.6) is 0 Å². The van der Waals surface area contributed by atoms with E-state index >= 15 is 0 Å². The standard InChI is InChI=1S/C22H21BF3.C4H12N/c23-15-7-14-22(16-8-1-4-11-19(16)24,17-9-2-5-12-20(17)25)18-10-3-6-13-21(18)26;1-5(2,3)4/h1-6,8-13H,7,14-15H2,23H3;1-4H3/q-1;+1. The van der Waals surface area contributed by atoms with Crippen LogP contribution in [0, 0.1) is 17.5 Å². The maximum absolute atomic E-state index is 14.9. The summed E-state index contributed by atoms with van der Waals surface area (Å²) in [5, 5.41) is 0. The highest BCUT2D eigenvalue weighted by Gasteiger charge is 2.41. The molecule has 0 bridgehead atoms. The van der Waals surface area contributed by atoms with Crippen LogP contribution in [-0.4, -0.2) is 40.5 Å². The zero-order valence-corrected chi connectivity index (χ0v) is 18.1. The minimum Gasteiger partial charge on any atom is -0.333 e.